The number of para-hydroxylation sites is 1. The highest BCUT2D eigenvalue weighted by Crippen LogP contribution is 2.34. The molecule has 0 unspecified atom stereocenters. The number of carboxylic acids is 1. The third kappa shape index (κ3) is 3.68. The Labute approximate surface area is 171 Å². The van der Waals surface area contributed by atoms with Crippen LogP contribution in [0.4, 0.5) is 0 Å². The molecule has 0 aliphatic carbocycles. The number of hydrogen-bond acceptors (Lipinski definition) is 3. The molecule has 0 saturated heterocycles. The van der Waals surface area contributed by atoms with Crippen LogP contribution in [0.25, 0.3) is 22.6 Å². The van der Waals surface area contributed by atoms with Gasteiger partial charge in [0, 0.05) is 24.0 Å². The van der Waals surface area contributed by atoms with Gasteiger partial charge >= 0.3 is 5.97 Å². The van der Waals surface area contributed by atoms with Crippen LogP contribution in [0, 0.1) is 0 Å². The first-order valence-corrected chi connectivity index (χ1v) is 10.2. The van der Waals surface area contributed by atoms with Crippen LogP contribution in [-0.4, -0.2) is 34.0 Å². The summed E-state index contributed by atoms with van der Waals surface area (Å²) < 4.78 is 0. The Morgan fingerprint density at radius 1 is 1.14 bits per heavy atom. The maximum absolute atomic E-state index is 12.2. The SMILES string of the molecule is CCN1C/C(=C/c2ccc(C(C)C)cc2)c2nc3ccccc3c(C(=O)O)c2C1. The van der Waals surface area contributed by atoms with Gasteiger partial charge in [-0.2, -0.15) is 0 Å². The van der Waals surface area contributed by atoms with Crippen LogP contribution in [0.3, 0.4) is 0 Å². The maximum atomic E-state index is 12.2. The fourth-order valence-electron chi connectivity index (χ4n) is 4.03. The zero-order valence-corrected chi connectivity index (χ0v) is 17.1. The Morgan fingerprint density at radius 3 is 2.52 bits per heavy atom. The van der Waals surface area contributed by atoms with Crippen molar-refractivity contribution in [2.75, 3.05) is 13.1 Å². The van der Waals surface area contributed by atoms with Crippen LogP contribution in [0.15, 0.2) is 48.5 Å². The molecule has 1 aliphatic rings. The molecule has 4 heteroatoms. The first-order valence-electron chi connectivity index (χ1n) is 10.2. The molecule has 1 N–H and O–H groups in total. The summed E-state index contributed by atoms with van der Waals surface area (Å²) in [6.07, 6.45) is 2.15. The van der Waals surface area contributed by atoms with Crippen molar-refractivity contribution < 1.29 is 9.90 Å². The molecule has 0 fully saturated rings. The van der Waals surface area contributed by atoms with Crippen molar-refractivity contribution in [2.24, 2.45) is 0 Å². The van der Waals surface area contributed by atoms with E-state index in [4.69, 9.17) is 4.98 Å². The molecule has 2 heterocycles. The molecule has 4 rings (SSSR count). The Balaban J connectivity index is 1.90. The number of carbonyl (C=O) groups is 1. The van der Waals surface area contributed by atoms with Gasteiger partial charge in [0.1, 0.15) is 0 Å². The summed E-state index contributed by atoms with van der Waals surface area (Å²) in [4.78, 5) is 19.3. The molecule has 0 amide bonds. The number of nitrogens with zero attached hydrogens (tertiary/aromatic N) is 2. The average Bonchev–Trinajstić information content (AvgIpc) is 2.72. The molecule has 148 valence electrons. The highest BCUT2D eigenvalue weighted by Gasteiger charge is 2.27. The Morgan fingerprint density at radius 2 is 1.86 bits per heavy atom. The second kappa shape index (κ2) is 7.80. The molecule has 29 heavy (non-hydrogen) atoms. The van der Waals surface area contributed by atoms with Gasteiger partial charge in [-0.3, -0.25) is 4.90 Å². The smallest absolute Gasteiger partial charge is 0.336 e. The van der Waals surface area contributed by atoms with Gasteiger partial charge in [-0.25, -0.2) is 9.78 Å². The summed E-state index contributed by atoms with van der Waals surface area (Å²) in [6.45, 7) is 8.71. The number of rotatable bonds is 4. The standard InChI is InChI=1S/C25H26N2O2/c1-4-27-14-19(13-17-9-11-18(12-10-17)16(2)3)24-21(15-27)23(25(28)29)20-7-5-6-8-22(20)26-24/h5-13,16H,4,14-15H2,1-3H3,(H,28,29)/b19-13-. The van der Waals surface area contributed by atoms with Crippen molar-refractivity contribution >= 4 is 28.5 Å². The highest BCUT2D eigenvalue weighted by molar-refractivity contribution is 6.06. The fraction of sp³-hybridized carbons (Fsp3) is 0.280. The van der Waals surface area contributed by atoms with Crippen molar-refractivity contribution in [3.63, 3.8) is 0 Å². The van der Waals surface area contributed by atoms with Gasteiger partial charge in [0.05, 0.1) is 16.8 Å². The topological polar surface area (TPSA) is 53.4 Å². The Bertz CT molecular complexity index is 1100. The molecule has 0 saturated carbocycles. The lowest BCUT2D eigenvalue weighted by Crippen LogP contribution is -2.31. The van der Waals surface area contributed by atoms with Crippen LogP contribution in [0.5, 0.6) is 0 Å². The summed E-state index contributed by atoms with van der Waals surface area (Å²) in [5.41, 5.74) is 6.23. The summed E-state index contributed by atoms with van der Waals surface area (Å²) in [5.74, 6) is -0.396. The molecule has 0 bridgehead atoms. The molecular weight excluding hydrogens is 360 g/mol. The van der Waals surface area contributed by atoms with Crippen molar-refractivity contribution in [3.05, 3.63) is 76.5 Å². The van der Waals surface area contributed by atoms with E-state index in [1.165, 1.54) is 5.56 Å². The normalized spacial score (nSPS) is 15.8. The highest BCUT2D eigenvalue weighted by atomic mass is 16.4. The molecule has 2 aromatic carbocycles. The van der Waals surface area contributed by atoms with E-state index in [0.29, 0.717) is 23.4 Å². The quantitative estimate of drug-likeness (QED) is 0.649. The lowest BCUT2D eigenvalue weighted by atomic mass is 9.91. The first kappa shape index (κ1) is 19.3. The molecule has 0 spiro atoms. The van der Waals surface area contributed by atoms with Crippen LogP contribution in [0.1, 0.15) is 59.4 Å². The van der Waals surface area contributed by atoms with Crippen molar-refractivity contribution in [2.45, 2.75) is 33.2 Å². The monoisotopic (exact) mass is 386 g/mol. The van der Waals surface area contributed by atoms with Gasteiger partial charge in [-0.05, 0) is 41.3 Å². The van der Waals surface area contributed by atoms with Gasteiger partial charge in [0.25, 0.3) is 0 Å². The minimum atomic E-state index is -0.890. The van der Waals surface area contributed by atoms with Crippen molar-refractivity contribution in [1.82, 2.24) is 9.88 Å². The minimum Gasteiger partial charge on any atom is -0.478 e. The van der Waals surface area contributed by atoms with Gasteiger partial charge in [0.2, 0.25) is 0 Å². The summed E-state index contributed by atoms with van der Waals surface area (Å²) in [7, 11) is 0. The van der Waals surface area contributed by atoms with E-state index in [1.807, 2.05) is 24.3 Å². The number of hydrogen-bond donors (Lipinski definition) is 1. The van der Waals surface area contributed by atoms with E-state index in [9.17, 15) is 9.90 Å². The Hall–Kier alpha value is -2.98. The van der Waals surface area contributed by atoms with Gasteiger partial charge in [0.15, 0.2) is 0 Å². The van der Waals surface area contributed by atoms with E-state index in [2.05, 4.69) is 56.0 Å². The predicted molar refractivity (Wildman–Crippen MR) is 118 cm³/mol. The number of fused-ring (bicyclic) bond motifs is 2. The van der Waals surface area contributed by atoms with Crippen LogP contribution in [-0.2, 0) is 6.54 Å². The molecule has 0 radical (unpaired) electrons. The molecule has 0 atom stereocenters. The molecule has 1 aliphatic heterocycles. The number of aromatic nitrogens is 1. The molecule has 1 aromatic heterocycles. The number of benzene rings is 2. The third-order valence-corrected chi connectivity index (χ3v) is 5.68. The van der Waals surface area contributed by atoms with Crippen LogP contribution >= 0.6 is 0 Å². The largest absolute Gasteiger partial charge is 0.478 e. The maximum Gasteiger partial charge on any atom is 0.336 e. The van der Waals surface area contributed by atoms with E-state index in [1.54, 1.807) is 0 Å². The second-order valence-electron chi connectivity index (χ2n) is 7.93. The number of pyridine rings is 1. The fourth-order valence-corrected chi connectivity index (χ4v) is 4.03. The van der Waals surface area contributed by atoms with E-state index < -0.39 is 5.97 Å². The van der Waals surface area contributed by atoms with E-state index >= 15 is 0 Å². The minimum absolute atomic E-state index is 0.379. The number of carboxylic acid groups (broad SMARTS) is 1. The summed E-state index contributed by atoms with van der Waals surface area (Å²) in [5, 5.41) is 10.7. The summed E-state index contributed by atoms with van der Waals surface area (Å²) in [6, 6.07) is 16.1. The van der Waals surface area contributed by atoms with Crippen LogP contribution in [0.2, 0.25) is 0 Å². The molecule has 4 nitrogen and oxygen atoms in total. The van der Waals surface area contributed by atoms with E-state index in [0.717, 1.165) is 41.0 Å². The van der Waals surface area contributed by atoms with Crippen LogP contribution < -0.4 is 0 Å². The summed E-state index contributed by atoms with van der Waals surface area (Å²) >= 11 is 0. The average molecular weight is 386 g/mol. The van der Waals surface area contributed by atoms with Crippen molar-refractivity contribution in [1.29, 1.82) is 0 Å². The van der Waals surface area contributed by atoms with Gasteiger partial charge in [-0.1, -0.05) is 63.2 Å². The lowest BCUT2D eigenvalue weighted by molar-refractivity contribution is 0.0696. The second-order valence-corrected chi connectivity index (χ2v) is 7.93. The van der Waals surface area contributed by atoms with Gasteiger partial charge in [-0.15, -0.1) is 0 Å². The zero-order chi connectivity index (χ0) is 20.5. The molecule has 3 aromatic rings. The Kier molecular flexibility index (Phi) is 5.20. The predicted octanol–water partition coefficient (Wildman–Crippen LogP) is 5.43. The third-order valence-electron chi connectivity index (χ3n) is 5.68. The molecular formula is C25H26N2O2. The van der Waals surface area contributed by atoms with E-state index in [-0.39, 0.29) is 0 Å². The number of likely N-dealkylation sites (N-methyl/N-ethyl adjacent to an activating group) is 1. The first-order chi connectivity index (χ1) is 14.0. The lowest BCUT2D eigenvalue weighted by Gasteiger charge is -2.30. The van der Waals surface area contributed by atoms with Gasteiger partial charge < -0.3 is 5.11 Å². The van der Waals surface area contributed by atoms with Crippen molar-refractivity contribution in [3.8, 4) is 0 Å². The number of aromatic carboxylic acids is 1. The zero-order valence-electron chi connectivity index (χ0n) is 17.1.